The van der Waals surface area contributed by atoms with Crippen LogP contribution in [0.4, 0.5) is 5.69 Å². The maximum Gasteiger partial charge on any atom is 0.234 e. The SMILES string of the molecule is Cc1ccc(S[C@@H]2CCCC[C@H]2SCC(=O)Nc2c(C)cccc2C)cc1C. The summed E-state index contributed by atoms with van der Waals surface area (Å²) in [5.41, 5.74) is 5.93. The van der Waals surface area contributed by atoms with Crippen molar-refractivity contribution in [1.29, 1.82) is 0 Å². The van der Waals surface area contributed by atoms with Gasteiger partial charge in [0.05, 0.1) is 5.75 Å². The van der Waals surface area contributed by atoms with Gasteiger partial charge in [-0.15, -0.1) is 23.5 Å². The van der Waals surface area contributed by atoms with Gasteiger partial charge in [-0.2, -0.15) is 0 Å². The van der Waals surface area contributed by atoms with Crippen LogP contribution in [-0.4, -0.2) is 22.2 Å². The van der Waals surface area contributed by atoms with Gasteiger partial charge in [0.1, 0.15) is 0 Å². The summed E-state index contributed by atoms with van der Waals surface area (Å²) in [5.74, 6) is 0.644. The Morgan fingerprint density at radius 3 is 2.29 bits per heavy atom. The molecule has 2 aromatic carbocycles. The topological polar surface area (TPSA) is 29.1 Å². The molecular weight excluding hydrogens is 382 g/mol. The van der Waals surface area contributed by atoms with Crippen LogP contribution in [0.25, 0.3) is 0 Å². The molecule has 1 aliphatic rings. The van der Waals surface area contributed by atoms with Crippen molar-refractivity contribution < 1.29 is 4.79 Å². The summed E-state index contributed by atoms with van der Waals surface area (Å²) < 4.78 is 0. The van der Waals surface area contributed by atoms with Gasteiger partial charge in [-0.05, 0) is 74.9 Å². The molecule has 28 heavy (non-hydrogen) atoms. The van der Waals surface area contributed by atoms with Crippen molar-refractivity contribution in [3.05, 3.63) is 58.7 Å². The van der Waals surface area contributed by atoms with Gasteiger partial charge in [-0.3, -0.25) is 4.79 Å². The molecule has 0 heterocycles. The number of para-hydroxylation sites is 1. The first-order valence-electron chi connectivity index (χ1n) is 10.2. The maximum absolute atomic E-state index is 12.6. The highest BCUT2D eigenvalue weighted by atomic mass is 32.2. The molecule has 1 amide bonds. The second-order valence-electron chi connectivity index (χ2n) is 7.85. The highest BCUT2D eigenvalue weighted by Crippen LogP contribution is 2.40. The zero-order valence-electron chi connectivity index (χ0n) is 17.4. The summed E-state index contributed by atoms with van der Waals surface area (Å²) in [4.78, 5) is 13.9. The van der Waals surface area contributed by atoms with Crippen LogP contribution in [0.5, 0.6) is 0 Å². The Morgan fingerprint density at radius 1 is 0.929 bits per heavy atom. The Bertz CT molecular complexity index is 813. The van der Waals surface area contributed by atoms with Crippen LogP contribution in [0.3, 0.4) is 0 Å². The van der Waals surface area contributed by atoms with E-state index in [0.717, 1.165) is 16.8 Å². The zero-order valence-corrected chi connectivity index (χ0v) is 19.0. The number of thioether (sulfide) groups is 2. The van der Waals surface area contributed by atoms with E-state index in [1.54, 1.807) is 0 Å². The Balaban J connectivity index is 1.58. The first-order chi connectivity index (χ1) is 13.4. The van der Waals surface area contributed by atoms with Gasteiger partial charge < -0.3 is 5.32 Å². The number of carbonyl (C=O) groups is 1. The molecule has 2 nitrogen and oxygen atoms in total. The van der Waals surface area contributed by atoms with E-state index in [0.29, 0.717) is 16.3 Å². The molecule has 1 N–H and O–H groups in total. The van der Waals surface area contributed by atoms with Crippen LogP contribution < -0.4 is 5.32 Å². The summed E-state index contributed by atoms with van der Waals surface area (Å²) in [6.07, 6.45) is 5.03. The fraction of sp³-hybridized carbons (Fsp3) is 0.458. The molecule has 3 rings (SSSR count). The van der Waals surface area contributed by atoms with Crippen molar-refractivity contribution in [3.8, 4) is 0 Å². The summed E-state index contributed by atoms with van der Waals surface area (Å²) in [6.45, 7) is 8.45. The van der Waals surface area contributed by atoms with E-state index in [-0.39, 0.29) is 5.91 Å². The molecule has 2 aromatic rings. The number of nitrogens with one attached hydrogen (secondary N) is 1. The highest BCUT2D eigenvalue weighted by molar-refractivity contribution is 8.04. The molecule has 2 atom stereocenters. The average molecular weight is 414 g/mol. The minimum Gasteiger partial charge on any atom is -0.325 e. The molecular formula is C24H31NOS2. The van der Waals surface area contributed by atoms with Gasteiger partial charge in [0, 0.05) is 21.1 Å². The number of hydrogen-bond acceptors (Lipinski definition) is 3. The quantitative estimate of drug-likeness (QED) is 0.571. The van der Waals surface area contributed by atoms with E-state index >= 15 is 0 Å². The Hall–Kier alpha value is -1.39. The van der Waals surface area contributed by atoms with E-state index in [9.17, 15) is 4.79 Å². The van der Waals surface area contributed by atoms with Crippen LogP contribution in [0.15, 0.2) is 41.3 Å². The molecule has 1 fully saturated rings. The number of rotatable bonds is 6. The molecule has 4 heteroatoms. The second kappa shape index (κ2) is 9.89. The van der Waals surface area contributed by atoms with Crippen molar-refractivity contribution in [3.63, 3.8) is 0 Å². The summed E-state index contributed by atoms with van der Waals surface area (Å²) in [5, 5.41) is 4.27. The predicted octanol–water partition coefficient (Wildman–Crippen LogP) is 6.70. The van der Waals surface area contributed by atoms with E-state index in [1.807, 2.05) is 55.6 Å². The lowest BCUT2D eigenvalue weighted by Gasteiger charge is -2.30. The van der Waals surface area contributed by atoms with E-state index < -0.39 is 0 Å². The van der Waals surface area contributed by atoms with Gasteiger partial charge in [0.25, 0.3) is 0 Å². The van der Waals surface area contributed by atoms with E-state index in [4.69, 9.17) is 0 Å². The molecule has 0 bridgehead atoms. The zero-order chi connectivity index (χ0) is 20.1. The number of hydrogen-bond donors (Lipinski definition) is 1. The second-order valence-corrected chi connectivity index (χ2v) is 10.4. The van der Waals surface area contributed by atoms with E-state index in [1.165, 1.54) is 41.7 Å². The van der Waals surface area contributed by atoms with E-state index in [2.05, 4.69) is 37.4 Å². The van der Waals surface area contributed by atoms with Crippen LogP contribution in [0, 0.1) is 27.7 Å². The molecule has 0 radical (unpaired) electrons. The van der Waals surface area contributed by atoms with Crippen LogP contribution in [0.2, 0.25) is 0 Å². The third kappa shape index (κ3) is 5.57. The van der Waals surface area contributed by atoms with Crippen molar-refractivity contribution in [2.75, 3.05) is 11.1 Å². The average Bonchev–Trinajstić information content (AvgIpc) is 2.67. The molecule has 150 valence electrons. The van der Waals surface area contributed by atoms with Crippen LogP contribution >= 0.6 is 23.5 Å². The number of amides is 1. The molecule has 0 unspecified atom stereocenters. The largest absolute Gasteiger partial charge is 0.325 e. The Kier molecular flexibility index (Phi) is 7.53. The van der Waals surface area contributed by atoms with Crippen molar-refractivity contribution in [2.45, 2.75) is 68.8 Å². The smallest absolute Gasteiger partial charge is 0.234 e. The minimum absolute atomic E-state index is 0.114. The first kappa shape index (κ1) is 21.3. The molecule has 0 saturated heterocycles. The molecule has 1 saturated carbocycles. The molecule has 0 aliphatic heterocycles. The Morgan fingerprint density at radius 2 is 1.61 bits per heavy atom. The third-order valence-electron chi connectivity index (χ3n) is 5.58. The highest BCUT2D eigenvalue weighted by Gasteiger charge is 2.27. The molecule has 0 aromatic heterocycles. The Labute approximate surface area is 178 Å². The fourth-order valence-electron chi connectivity index (χ4n) is 3.72. The fourth-order valence-corrected chi connectivity index (χ4v) is 6.56. The minimum atomic E-state index is 0.114. The number of aryl methyl sites for hydroxylation is 4. The third-order valence-corrected chi connectivity index (χ3v) is 8.57. The number of carbonyl (C=O) groups excluding carboxylic acids is 1. The van der Waals surface area contributed by atoms with Gasteiger partial charge in [0.15, 0.2) is 0 Å². The summed E-state index contributed by atoms with van der Waals surface area (Å²) in [7, 11) is 0. The number of anilines is 1. The van der Waals surface area contributed by atoms with Gasteiger partial charge in [-0.1, -0.05) is 37.1 Å². The lowest BCUT2D eigenvalue weighted by molar-refractivity contribution is -0.113. The normalized spacial score (nSPS) is 19.4. The van der Waals surface area contributed by atoms with Gasteiger partial charge >= 0.3 is 0 Å². The summed E-state index contributed by atoms with van der Waals surface area (Å²) >= 11 is 3.84. The molecule has 0 spiro atoms. The van der Waals surface area contributed by atoms with Crippen molar-refractivity contribution in [1.82, 2.24) is 0 Å². The lowest BCUT2D eigenvalue weighted by Crippen LogP contribution is -2.27. The maximum atomic E-state index is 12.6. The first-order valence-corrected chi connectivity index (χ1v) is 12.1. The predicted molar refractivity (Wildman–Crippen MR) is 125 cm³/mol. The van der Waals surface area contributed by atoms with Crippen molar-refractivity contribution in [2.24, 2.45) is 0 Å². The number of benzene rings is 2. The summed E-state index contributed by atoms with van der Waals surface area (Å²) in [6, 6.07) is 12.9. The monoisotopic (exact) mass is 413 g/mol. The van der Waals surface area contributed by atoms with Crippen molar-refractivity contribution >= 4 is 35.1 Å². The van der Waals surface area contributed by atoms with Crippen LogP contribution in [0.1, 0.15) is 47.9 Å². The van der Waals surface area contributed by atoms with Gasteiger partial charge in [0.2, 0.25) is 5.91 Å². The van der Waals surface area contributed by atoms with Crippen LogP contribution in [-0.2, 0) is 4.79 Å². The lowest BCUT2D eigenvalue weighted by atomic mass is 10.00. The van der Waals surface area contributed by atoms with Gasteiger partial charge in [-0.25, -0.2) is 0 Å². The molecule has 1 aliphatic carbocycles. The standard InChI is InChI=1S/C24H31NOS2/c1-16-12-13-20(14-19(16)4)28-22-11-6-5-10-21(22)27-15-23(26)25-24-17(2)8-7-9-18(24)3/h7-9,12-14,21-22H,5-6,10-11,15H2,1-4H3,(H,25,26)/t21-,22-/m1/s1.